The number of nitrogens with zero attached hydrogens (tertiary/aromatic N) is 5. The fraction of sp³-hybridized carbons (Fsp3) is 0.588. The Morgan fingerprint density at radius 3 is 2.92 bits per heavy atom. The van der Waals surface area contributed by atoms with Gasteiger partial charge in [0, 0.05) is 26.2 Å². The molecule has 6 nitrogen and oxygen atoms in total. The summed E-state index contributed by atoms with van der Waals surface area (Å²) in [7, 11) is 0. The first-order valence-electron chi connectivity index (χ1n) is 8.74. The van der Waals surface area contributed by atoms with Crippen molar-refractivity contribution >= 4 is 17.2 Å². The average molecular weight is 345 g/mol. The third kappa shape index (κ3) is 3.37. The lowest BCUT2D eigenvalue weighted by Crippen LogP contribution is -2.36. The van der Waals surface area contributed by atoms with Gasteiger partial charge in [0.2, 0.25) is 0 Å². The quantitative estimate of drug-likeness (QED) is 0.854. The molecule has 128 valence electrons. The van der Waals surface area contributed by atoms with Crippen molar-refractivity contribution in [1.82, 2.24) is 24.8 Å². The minimum atomic E-state index is 0.0321. The maximum atomic E-state index is 12.4. The lowest BCUT2D eigenvalue weighted by molar-refractivity contribution is 0.0787. The zero-order chi connectivity index (χ0) is 16.4. The van der Waals surface area contributed by atoms with E-state index in [1.54, 1.807) is 11.3 Å². The van der Waals surface area contributed by atoms with Crippen LogP contribution >= 0.6 is 11.3 Å². The van der Waals surface area contributed by atoms with Gasteiger partial charge in [-0.3, -0.25) is 9.69 Å². The number of amides is 1. The summed E-state index contributed by atoms with van der Waals surface area (Å²) in [6, 6.07) is 2.50. The molecule has 24 heavy (non-hydrogen) atoms. The molecule has 1 amide bonds. The van der Waals surface area contributed by atoms with Gasteiger partial charge in [-0.2, -0.15) is 11.3 Å². The van der Waals surface area contributed by atoms with Crippen LogP contribution in [0.2, 0.25) is 0 Å². The van der Waals surface area contributed by atoms with Crippen LogP contribution in [0, 0.1) is 0 Å². The number of thiophene rings is 1. The van der Waals surface area contributed by atoms with Crippen molar-refractivity contribution in [2.24, 2.45) is 0 Å². The largest absolute Gasteiger partial charge is 0.337 e. The predicted molar refractivity (Wildman–Crippen MR) is 93.0 cm³/mol. The van der Waals surface area contributed by atoms with Crippen molar-refractivity contribution in [3.05, 3.63) is 34.3 Å². The molecule has 2 aliphatic heterocycles. The van der Waals surface area contributed by atoms with Gasteiger partial charge in [-0.05, 0) is 54.6 Å². The zero-order valence-corrected chi connectivity index (χ0v) is 14.6. The number of rotatable bonds is 4. The van der Waals surface area contributed by atoms with Gasteiger partial charge in [-0.1, -0.05) is 5.21 Å². The Morgan fingerprint density at radius 1 is 1.25 bits per heavy atom. The summed E-state index contributed by atoms with van der Waals surface area (Å²) in [4.78, 5) is 16.8. The molecule has 2 aromatic heterocycles. The molecule has 4 heterocycles. The molecule has 0 N–H and O–H groups in total. The second-order valence-electron chi connectivity index (χ2n) is 6.75. The fourth-order valence-electron chi connectivity index (χ4n) is 3.67. The number of likely N-dealkylation sites (tertiary alicyclic amines) is 2. The number of carbonyl (C=O) groups is 1. The van der Waals surface area contributed by atoms with Gasteiger partial charge in [0.15, 0.2) is 5.69 Å². The molecular weight excluding hydrogens is 322 g/mol. The van der Waals surface area contributed by atoms with Gasteiger partial charge < -0.3 is 4.90 Å². The summed E-state index contributed by atoms with van der Waals surface area (Å²) in [5.41, 5.74) is 1.87. The molecule has 2 fully saturated rings. The molecule has 7 heteroatoms. The molecule has 0 aromatic carbocycles. The Labute approximate surface area is 146 Å². The molecule has 0 unspecified atom stereocenters. The van der Waals surface area contributed by atoms with Gasteiger partial charge >= 0.3 is 0 Å². The van der Waals surface area contributed by atoms with Gasteiger partial charge in [-0.15, -0.1) is 5.10 Å². The molecular formula is C17H23N5OS. The van der Waals surface area contributed by atoms with Gasteiger partial charge in [0.05, 0.1) is 12.2 Å². The van der Waals surface area contributed by atoms with E-state index in [4.69, 9.17) is 0 Å². The second kappa shape index (κ2) is 7.03. The Bertz CT molecular complexity index is 677. The van der Waals surface area contributed by atoms with Crippen LogP contribution in [0.3, 0.4) is 0 Å². The van der Waals surface area contributed by atoms with Crippen LogP contribution in [0.4, 0.5) is 0 Å². The number of hydrogen-bond donors (Lipinski definition) is 0. The Morgan fingerprint density at radius 2 is 2.12 bits per heavy atom. The smallest absolute Gasteiger partial charge is 0.276 e. The highest BCUT2D eigenvalue weighted by molar-refractivity contribution is 7.07. The van der Waals surface area contributed by atoms with Crippen molar-refractivity contribution in [2.75, 3.05) is 26.2 Å². The van der Waals surface area contributed by atoms with E-state index in [0.29, 0.717) is 11.7 Å². The lowest BCUT2D eigenvalue weighted by atomic mass is 10.1. The zero-order valence-electron chi connectivity index (χ0n) is 13.8. The topological polar surface area (TPSA) is 54.3 Å². The minimum absolute atomic E-state index is 0.0321. The van der Waals surface area contributed by atoms with Crippen LogP contribution in [0.15, 0.2) is 23.0 Å². The Kier molecular flexibility index (Phi) is 4.62. The highest BCUT2D eigenvalue weighted by Crippen LogP contribution is 2.23. The maximum Gasteiger partial charge on any atom is 0.276 e. The van der Waals surface area contributed by atoms with Crippen LogP contribution in [-0.2, 0) is 6.54 Å². The van der Waals surface area contributed by atoms with Crippen molar-refractivity contribution in [2.45, 2.75) is 38.3 Å². The van der Waals surface area contributed by atoms with Crippen LogP contribution in [0.25, 0.3) is 0 Å². The first-order valence-corrected chi connectivity index (χ1v) is 9.68. The van der Waals surface area contributed by atoms with Crippen molar-refractivity contribution < 1.29 is 4.79 Å². The van der Waals surface area contributed by atoms with Crippen LogP contribution in [-0.4, -0.2) is 56.9 Å². The Balaban J connectivity index is 1.41. The monoisotopic (exact) mass is 345 g/mol. The first kappa shape index (κ1) is 15.8. The number of carbonyl (C=O) groups excluding carboxylic acids is 1. The fourth-order valence-corrected chi connectivity index (χ4v) is 4.33. The van der Waals surface area contributed by atoms with E-state index in [-0.39, 0.29) is 5.91 Å². The number of piperidine rings is 1. The van der Waals surface area contributed by atoms with Crippen LogP contribution < -0.4 is 0 Å². The molecule has 0 bridgehead atoms. The summed E-state index contributed by atoms with van der Waals surface area (Å²) < 4.78 is 1.91. The third-order valence-corrected chi connectivity index (χ3v) is 5.70. The molecule has 4 rings (SSSR count). The van der Waals surface area contributed by atoms with E-state index in [1.807, 2.05) is 15.8 Å². The highest BCUT2D eigenvalue weighted by atomic mass is 32.1. The van der Waals surface area contributed by atoms with Gasteiger partial charge in [-0.25, -0.2) is 4.68 Å². The minimum Gasteiger partial charge on any atom is -0.337 e. The molecule has 2 aliphatic rings. The van der Waals surface area contributed by atoms with Gasteiger partial charge in [0.25, 0.3) is 5.91 Å². The standard InChI is InChI=1S/C17H23N5OS/c23-17(21-7-1-2-8-21)16-12-22(19-18-16)15-4-3-6-20(11-15)10-14-5-9-24-13-14/h5,9,12-13,15H,1-4,6-8,10-11H2/t15-/m0/s1. The highest BCUT2D eigenvalue weighted by Gasteiger charge is 2.26. The molecule has 0 spiro atoms. The molecule has 1 atom stereocenters. The molecule has 0 radical (unpaired) electrons. The predicted octanol–water partition coefficient (Wildman–Crippen LogP) is 2.41. The summed E-state index contributed by atoms with van der Waals surface area (Å²) in [5.74, 6) is 0.0321. The van der Waals surface area contributed by atoms with Crippen LogP contribution in [0.5, 0.6) is 0 Å². The normalized spacial score (nSPS) is 22.2. The number of aromatic nitrogens is 3. The summed E-state index contributed by atoms with van der Waals surface area (Å²) in [5, 5.41) is 12.7. The molecule has 0 saturated carbocycles. The summed E-state index contributed by atoms with van der Waals surface area (Å²) in [6.45, 7) is 4.79. The molecule has 0 aliphatic carbocycles. The van der Waals surface area contributed by atoms with Gasteiger partial charge in [0.1, 0.15) is 0 Å². The Hall–Kier alpha value is -1.73. The van der Waals surface area contributed by atoms with E-state index < -0.39 is 0 Å². The van der Waals surface area contributed by atoms with Crippen molar-refractivity contribution in [1.29, 1.82) is 0 Å². The first-order chi connectivity index (χ1) is 11.8. The lowest BCUT2D eigenvalue weighted by Gasteiger charge is -2.32. The number of hydrogen-bond acceptors (Lipinski definition) is 5. The molecule has 2 aromatic rings. The van der Waals surface area contributed by atoms with Crippen molar-refractivity contribution in [3.8, 4) is 0 Å². The maximum absolute atomic E-state index is 12.4. The summed E-state index contributed by atoms with van der Waals surface area (Å²) in [6.07, 6.45) is 6.30. The SMILES string of the molecule is O=C(c1cn([C@H]2CCCN(Cc3ccsc3)C2)nn1)N1CCCC1. The molecule has 2 saturated heterocycles. The average Bonchev–Trinajstić information content (AvgIpc) is 3.36. The van der Waals surface area contributed by atoms with E-state index in [0.717, 1.165) is 58.4 Å². The third-order valence-electron chi connectivity index (χ3n) is 4.96. The second-order valence-corrected chi connectivity index (χ2v) is 7.53. The van der Waals surface area contributed by atoms with E-state index in [1.165, 1.54) is 5.56 Å². The van der Waals surface area contributed by atoms with Crippen LogP contribution in [0.1, 0.15) is 47.8 Å². The van der Waals surface area contributed by atoms with E-state index in [9.17, 15) is 4.79 Å². The van der Waals surface area contributed by atoms with Crippen molar-refractivity contribution in [3.63, 3.8) is 0 Å². The summed E-state index contributed by atoms with van der Waals surface area (Å²) >= 11 is 1.75. The van der Waals surface area contributed by atoms with E-state index >= 15 is 0 Å². The van der Waals surface area contributed by atoms with E-state index in [2.05, 4.69) is 32.0 Å².